The number of amides is 1. The number of hydrogen-bond donors (Lipinski definition) is 0. The van der Waals surface area contributed by atoms with Crippen molar-refractivity contribution in [3.63, 3.8) is 0 Å². The summed E-state index contributed by atoms with van der Waals surface area (Å²) in [7, 11) is 1.92. The molecule has 42 heavy (non-hydrogen) atoms. The Morgan fingerprint density at radius 1 is 0.881 bits per heavy atom. The summed E-state index contributed by atoms with van der Waals surface area (Å²) in [6.45, 7) is 11.1. The molecule has 5 rings (SSSR count). The Morgan fingerprint density at radius 3 is 2.14 bits per heavy atom. The number of aromatic nitrogens is 2. The molecule has 8 heteroatoms. The smallest absolute Gasteiger partial charge is 0.253 e. The fourth-order valence-electron chi connectivity index (χ4n) is 5.29. The lowest BCUT2D eigenvalue weighted by atomic mass is 10.1. The first-order valence-corrected chi connectivity index (χ1v) is 15.3. The lowest BCUT2D eigenvalue weighted by molar-refractivity contribution is 0.0791. The highest BCUT2D eigenvalue weighted by Crippen LogP contribution is 2.23. The average Bonchev–Trinajstić information content (AvgIpc) is 3.50. The van der Waals surface area contributed by atoms with Gasteiger partial charge in [-0.3, -0.25) is 9.69 Å². The Bertz CT molecular complexity index is 1380. The summed E-state index contributed by atoms with van der Waals surface area (Å²) in [5.41, 5.74) is 5.75. The maximum atomic E-state index is 12.7. The zero-order valence-corrected chi connectivity index (χ0v) is 26.4. The lowest BCUT2D eigenvalue weighted by Gasteiger charge is -2.37. The van der Waals surface area contributed by atoms with Gasteiger partial charge >= 0.3 is 0 Å². The first-order valence-electron chi connectivity index (χ1n) is 14.5. The number of aryl methyl sites for hydroxylation is 2. The Balaban J connectivity index is 0.000000437. The number of nitrogens with zero attached hydrogens (tertiary/aromatic N) is 5. The Morgan fingerprint density at radius 2 is 1.52 bits per heavy atom. The van der Waals surface area contributed by atoms with Gasteiger partial charge in [-0.05, 0) is 69.1 Å². The Labute approximate surface area is 260 Å². The summed E-state index contributed by atoms with van der Waals surface area (Å²) in [4.78, 5) is 23.9. The van der Waals surface area contributed by atoms with Crippen LogP contribution in [0.25, 0.3) is 0 Å². The van der Waals surface area contributed by atoms with Gasteiger partial charge in [-0.15, -0.1) is 0 Å². The lowest BCUT2D eigenvalue weighted by Crippen LogP contribution is -2.47. The van der Waals surface area contributed by atoms with E-state index in [1.807, 2.05) is 68.8 Å². The molecule has 0 radical (unpaired) electrons. The molecule has 1 aromatic heterocycles. The van der Waals surface area contributed by atoms with E-state index in [1.165, 1.54) is 11.3 Å². The predicted octanol–water partition coefficient (Wildman–Crippen LogP) is 7.22. The van der Waals surface area contributed by atoms with Crippen molar-refractivity contribution >= 4 is 34.8 Å². The molecule has 1 aliphatic rings. The molecule has 0 atom stereocenters. The van der Waals surface area contributed by atoms with Crippen molar-refractivity contribution < 1.29 is 4.79 Å². The molecule has 1 fully saturated rings. The third-order valence-corrected chi connectivity index (χ3v) is 8.23. The number of imidazole rings is 1. The van der Waals surface area contributed by atoms with Gasteiger partial charge in [-0.1, -0.05) is 70.7 Å². The van der Waals surface area contributed by atoms with Crippen molar-refractivity contribution in [3.05, 3.63) is 118 Å². The van der Waals surface area contributed by atoms with Crippen LogP contribution in [0.15, 0.2) is 85.5 Å². The van der Waals surface area contributed by atoms with Crippen LogP contribution in [0.2, 0.25) is 10.0 Å². The maximum absolute atomic E-state index is 12.7. The van der Waals surface area contributed by atoms with Crippen LogP contribution in [0.1, 0.15) is 39.9 Å². The molecule has 3 aromatic carbocycles. The second kappa shape index (κ2) is 15.8. The number of anilines is 1. The van der Waals surface area contributed by atoms with Gasteiger partial charge in [0.05, 0.1) is 22.9 Å². The number of carbonyl (C=O) groups is 1. The topological polar surface area (TPSA) is 44.6 Å². The highest BCUT2D eigenvalue weighted by molar-refractivity contribution is 6.41. The number of unbranched alkanes of at least 4 members (excludes halogenated alkanes) is 1. The average molecular weight is 607 g/mol. The van der Waals surface area contributed by atoms with Gasteiger partial charge in [0.2, 0.25) is 0 Å². The van der Waals surface area contributed by atoms with Gasteiger partial charge in [0.1, 0.15) is 0 Å². The SMILES string of the molecule is Cc1cc(C)cc(C(=O)N(C)CCCCN2CCN(c3ccccc3Cn3ccnc3)CC2)c1.Clc1ccccc1Cl. The molecule has 1 saturated heterocycles. The quantitative estimate of drug-likeness (QED) is 0.189. The number of carbonyl (C=O) groups excluding carboxylic acids is 1. The van der Waals surface area contributed by atoms with Crippen molar-refractivity contribution in [1.29, 1.82) is 0 Å². The van der Waals surface area contributed by atoms with E-state index in [0.717, 1.165) is 75.3 Å². The van der Waals surface area contributed by atoms with E-state index in [9.17, 15) is 4.79 Å². The molecular weight excluding hydrogens is 565 g/mol. The van der Waals surface area contributed by atoms with Gasteiger partial charge in [-0.25, -0.2) is 4.98 Å². The number of para-hydroxylation sites is 1. The van der Waals surface area contributed by atoms with Gasteiger partial charge in [0.25, 0.3) is 5.91 Å². The zero-order valence-electron chi connectivity index (χ0n) is 24.8. The van der Waals surface area contributed by atoms with E-state index in [4.69, 9.17) is 23.2 Å². The van der Waals surface area contributed by atoms with Crippen LogP contribution in [-0.4, -0.2) is 71.6 Å². The minimum absolute atomic E-state index is 0.120. The van der Waals surface area contributed by atoms with Crippen LogP contribution in [0.3, 0.4) is 0 Å². The van der Waals surface area contributed by atoms with Gasteiger partial charge in [0.15, 0.2) is 0 Å². The van der Waals surface area contributed by atoms with Crippen LogP contribution in [0.5, 0.6) is 0 Å². The van der Waals surface area contributed by atoms with E-state index in [-0.39, 0.29) is 5.91 Å². The molecule has 4 aromatic rings. The maximum Gasteiger partial charge on any atom is 0.253 e. The third kappa shape index (κ3) is 9.35. The third-order valence-electron chi connectivity index (χ3n) is 7.47. The molecule has 0 unspecified atom stereocenters. The van der Waals surface area contributed by atoms with Crippen LogP contribution >= 0.6 is 23.2 Å². The van der Waals surface area contributed by atoms with Gasteiger partial charge in [-0.2, -0.15) is 0 Å². The standard InChI is InChI=1S/C28H37N5O.C6H4Cl2/c1-23-18-24(2)20-26(19-23)28(34)30(3)11-6-7-12-31-14-16-33(17-15-31)27-9-5-4-8-25(27)21-32-13-10-29-22-32;7-5-3-1-2-4-6(5)8/h4-5,8-10,13,18-20,22H,6-7,11-12,14-17,21H2,1-3H3;1-4H. The molecule has 1 amide bonds. The molecule has 6 nitrogen and oxygen atoms in total. The summed E-state index contributed by atoms with van der Waals surface area (Å²) < 4.78 is 2.12. The number of hydrogen-bond acceptors (Lipinski definition) is 4. The van der Waals surface area contributed by atoms with Gasteiger partial charge < -0.3 is 14.4 Å². The minimum Gasteiger partial charge on any atom is -0.369 e. The highest BCUT2D eigenvalue weighted by atomic mass is 35.5. The van der Waals surface area contributed by atoms with Crippen molar-refractivity contribution in [2.45, 2.75) is 33.2 Å². The zero-order chi connectivity index (χ0) is 29.9. The summed E-state index contributed by atoms with van der Waals surface area (Å²) in [6, 6.07) is 22.0. The van der Waals surface area contributed by atoms with Crippen LogP contribution < -0.4 is 4.90 Å². The fraction of sp³-hybridized carbons (Fsp3) is 0.353. The molecule has 0 spiro atoms. The van der Waals surface area contributed by atoms with Crippen LogP contribution in [-0.2, 0) is 6.54 Å². The molecule has 0 N–H and O–H groups in total. The van der Waals surface area contributed by atoms with E-state index in [2.05, 4.69) is 49.7 Å². The summed E-state index contributed by atoms with van der Waals surface area (Å²) >= 11 is 11.2. The van der Waals surface area contributed by atoms with E-state index in [1.54, 1.807) is 12.1 Å². The van der Waals surface area contributed by atoms with Crippen molar-refractivity contribution in [1.82, 2.24) is 19.4 Å². The highest BCUT2D eigenvalue weighted by Gasteiger charge is 2.19. The molecule has 2 heterocycles. The van der Waals surface area contributed by atoms with E-state index in [0.29, 0.717) is 10.0 Å². The molecule has 0 bridgehead atoms. The molecule has 0 aliphatic carbocycles. The second-order valence-corrected chi connectivity index (χ2v) is 11.7. The van der Waals surface area contributed by atoms with Crippen molar-refractivity contribution in [2.24, 2.45) is 0 Å². The van der Waals surface area contributed by atoms with Crippen molar-refractivity contribution in [2.75, 3.05) is 51.2 Å². The molecule has 222 valence electrons. The summed E-state index contributed by atoms with van der Waals surface area (Å²) in [5.74, 6) is 0.120. The van der Waals surface area contributed by atoms with Gasteiger partial charge in [0, 0.05) is 63.4 Å². The second-order valence-electron chi connectivity index (χ2n) is 10.9. The summed E-state index contributed by atoms with van der Waals surface area (Å²) in [6.07, 6.45) is 7.87. The van der Waals surface area contributed by atoms with E-state index >= 15 is 0 Å². The molecule has 0 saturated carbocycles. The van der Waals surface area contributed by atoms with Crippen LogP contribution in [0.4, 0.5) is 5.69 Å². The first kappa shape index (κ1) is 31.6. The Kier molecular flexibility index (Phi) is 11.9. The first-order chi connectivity index (χ1) is 20.3. The summed E-state index contributed by atoms with van der Waals surface area (Å²) in [5, 5.41) is 1.21. The minimum atomic E-state index is 0.120. The monoisotopic (exact) mass is 605 g/mol. The van der Waals surface area contributed by atoms with Crippen LogP contribution in [0, 0.1) is 13.8 Å². The number of halogens is 2. The Hall–Kier alpha value is -3.32. The predicted molar refractivity (Wildman–Crippen MR) is 175 cm³/mol. The number of rotatable bonds is 9. The normalized spacial score (nSPS) is 13.4. The van der Waals surface area contributed by atoms with Crippen molar-refractivity contribution in [3.8, 4) is 0 Å². The van der Waals surface area contributed by atoms with E-state index < -0.39 is 0 Å². The molecule has 1 aliphatic heterocycles. The molecular formula is C34H41Cl2N5O. The fourth-order valence-corrected chi connectivity index (χ4v) is 5.56. The number of piperazine rings is 1. The largest absolute Gasteiger partial charge is 0.369 e. The number of benzene rings is 3.